The smallest absolute Gasteiger partial charge is 0.186 e. The van der Waals surface area contributed by atoms with Gasteiger partial charge in [-0.15, -0.1) is 12.4 Å². The second kappa shape index (κ2) is 14.3. The molecule has 2 fully saturated rings. The summed E-state index contributed by atoms with van der Waals surface area (Å²) in [7, 11) is 0. The molecule has 2 saturated heterocycles. The summed E-state index contributed by atoms with van der Waals surface area (Å²) in [5.41, 5.74) is 0. The summed E-state index contributed by atoms with van der Waals surface area (Å²) in [5.74, 6) is 0. The van der Waals surface area contributed by atoms with Crippen molar-refractivity contribution in [3.8, 4) is 0 Å². The average molecular weight is 541 g/mol. The molecule has 2 aliphatic rings. The van der Waals surface area contributed by atoms with Crippen molar-refractivity contribution in [2.45, 2.75) is 85.8 Å². The number of rotatable bonds is 11. The van der Waals surface area contributed by atoms with Gasteiger partial charge in [0.15, 0.2) is 18.9 Å². The van der Waals surface area contributed by atoms with Crippen molar-refractivity contribution in [1.82, 2.24) is 0 Å². The average Bonchev–Trinajstić information content (AvgIpc) is 2.84. The number of ether oxygens (including phenoxy) is 4. The molecule has 0 aromatic rings. The normalized spacial score (nSPS) is 41.3. The molecule has 208 valence electrons. The Morgan fingerprint density at radius 3 is 1.71 bits per heavy atom. The van der Waals surface area contributed by atoms with E-state index in [2.05, 4.69) is 0 Å². The largest absolute Gasteiger partial charge is 0.394 e. The van der Waals surface area contributed by atoms with Gasteiger partial charge in [-0.3, -0.25) is 0 Å². The first-order valence-corrected chi connectivity index (χ1v) is 10.4. The van der Waals surface area contributed by atoms with Gasteiger partial charge in [-0.2, -0.15) is 0 Å². The number of aliphatic hydroxyl groups excluding tert-OH is 11. The standard InChI is InChI=1S/C18H32O16.ClH/c19-1-5(21)9(23)10(24)6(22)3-31-17-16(30)14(28)12(26)8(34-17)4-32-18-15(29)13(27)11(25)7(2-20)33-18;/h1,5-18,20-30H,2-4H2;1H/t5-,6+,7+,8+,9+,10+,11+,12+,13-,14-,15+,16+,17-,18-;/m0./s1. The Kier molecular flexibility index (Phi) is 13.3. The van der Waals surface area contributed by atoms with Crippen LogP contribution in [-0.2, 0) is 23.7 Å². The van der Waals surface area contributed by atoms with Gasteiger partial charge in [-0.05, 0) is 0 Å². The van der Waals surface area contributed by atoms with Crippen LogP contribution in [0.15, 0.2) is 0 Å². The molecule has 0 unspecified atom stereocenters. The minimum atomic E-state index is -2.04. The molecule has 35 heavy (non-hydrogen) atoms. The molecule has 0 amide bonds. The Morgan fingerprint density at radius 1 is 0.714 bits per heavy atom. The molecule has 0 saturated carbocycles. The molecule has 2 heterocycles. The number of carbonyl (C=O) groups excluding carboxylic acids is 1. The van der Waals surface area contributed by atoms with Crippen molar-refractivity contribution >= 4 is 18.7 Å². The van der Waals surface area contributed by atoms with Crippen molar-refractivity contribution < 1.29 is 79.9 Å². The predicted octanol–water partition coefficient (Wildman–Crippen LogP) is -7.31. The number of aliphatic hydroxyl groups is 11. The number of carbonyl (C=O) groups is 1. The fraction of sp³-hybridized carbons (Fsp3) is 0.944. The first kappa shape index (κ1) is 32.4. The Labute approximate surface area is 204 Å². The summed E-state index contributed by atoms with van der Waals surface area (Å²) in [6.07, 6.45) is -24.4. The van der Waals surface area contributed by atoms with Crippen LogP contribution in [0.5, 0.6) is 0 Å². The Morgan fingerprint density at radius 2 is 1.20 bits per heavy atom. The molecular weight excluding hydrogens is 508 g/mol. The van der Waals surface area contributed by atoms with Gasteiger partial charge in [0.05, 0.1) is 19.8 Å². The van der Waals surface area contributed by atoms with Crippen LogP contribution in [0.1, 0.15) is 0 Å². The van der Waals surface area contributed by atoms with Crippen molar-refractivity contribution in [3.63, 3.8) is 0 Å². The van der Waals surface area contributed by atoms with Gasteiger partial charge < -0.3 is 79.9 Å². The van der Waals surface area contributed by atoms with E-state index in [1.165, 1.54) is 0 Å². The van der Waals surface area contributed by atoms with Crippen LogP contribution in [0.25, 0.3) is 0 Å². The highest BCUT2D eigenvalue weighted by Crippen LogP contribution is 2.26. The molecule has 0 radical (unpaired) electrons. The Bertz CT molecular complexity index is 629. The zero-order valence-electron chi connectivity index (χ0n) is 18.2. The highest BCUT2D eigenvalue weighted by atomic mass is 35.5. The molecule has 11 N–H and O–H groups in total. The third-order valence-electron chi connectivity index (χ3n) is 5.61. The van der Waals surface area contributed by atoms with Crippen molar-refractivity contribution in [3.05, 3.63) is 0 Å². The van der Waals surface area contributed by atoms with E-state index in [1.807, 2.05) is 0 Å². The number of halogens is 1. The molecule has 2 rings (SSSR count). The van der Waals surface area contributed by atoms with Gasteiger partial charge in [0.25, 0.3) is 0 Å². The third kappa shape index (κ3) is 7.68. The lowest BCUT2D eigenvalue weighted by molar-refractivity contribution is -0.333. The predicted molar refractivity (Wildman–Crippen MR) is 110 cm³/mol. The maximum absolute atomic E-state index is 10.5. The van der Waals surface area contributed by atoms with Gasteiger partial charge in [-0.1, -0.05) is 0 Å². The topological polar surface area (TPSA) is 277 Å². The van der Waals surface area contributed by atoms with E-state index in [4.69, 9.17) is 18.9 Å². The molecule has 0 aliphatic carbocycles. The van der Waals surface area contributed by atoms with Crippen LogP contribution in [-0.4, -0.2) is 168 Å². The zero-order chi connectivity index (χ0) is 25.7. The monoisotopic (exact) mass is 540 g/mol. The van der Waals surface area contributed by atoms with E-state index in [-0.39, 0.29) is 18.7 Å². The minimum absolute atomic E-state index is 0. The Balaban J connectivity index is 0.00000612. The zero-order valence-corrected chi connectivity index (χ0v) is 19.0. The summed E-state index contributed by atoms with van der Waals surface area (Å²) in [6, 6.07) is 0. The first-order chi connectivity index (χ1) is 15.9. The molecular formula is C18H33ClO16. The molecule has 2 aliphatic heterocycles. The van der Waals surface area contributed by atoms with Gasteiger partial charge in [0.2, 0.25) is 0 Å². The van der Waals surface area contributed by atoms with E-state index < -0.39 is 106 Å². The lowest BCUT2D eigenvalue weighted by Gasteiger charge is -2.42. The van der Waals surface area contributed by atoms with Crippen LogP contribution in [0.4, 0.5) is 0 Å². The van der Waals surface area contributed by atoms with Crippen molar-refractivity contribution in [1.29, 1.82) is 0 Å². The summed E-state index contributed by atoms with van der Waals surface area (Å²) in [5, 5.41) is 107. The number of hydrogen-bond donors (Lipinski definition) is 11. The van der Waals surface area contributed by atoms with Crippen LogP contribution >= 0.6 is 12.4 Å². The van der Waals surface area contributed by atoms with Crippen LogP contribution in [0.3, 0.4) is 0 Å². The molecule has 0 aromatic carbocycles. The lowest BCUT2D eigenvalue weighted by Crippen LogP contribution is -2.62. The third-order valence-corrected chi connectivity index (χ3v) is 5.61. The summed E-state index contributed by atoms with van der Waals surface area (Å²) >= 11 is 0. The minimum Gasteiger partial charge on any atom is -0.394 e. The second-order valence-corrected chi connectivity index (χ2v) is 8.05. The van der Waals surface area contributed by atoms with E-state index in [9.17, 15) is 61.0 Å². The van der Waals surface area contributed by atoms with E-state index in [0.29, 0.717) is 0 Å². The van der Waals surface area contributed by atoms with E-state index in [0.717, 1.165) is 0 Å². The van der Waals surface area contributed by atoms with Crippen molar-refractivity contribution in [2.75, 3.05) is 19.8 Å². The van der Waals surface area contributed by atoms with Crippen LogP contribution in [0, 0.1) is 0 Å². The first-order valence-electron chi connectivity index (χ1n) is 10.4. The van der Waals surface area contributed by atoms with E-state index >= 15 is 0 Å². The second-order valence-electron chi connectivity index (χ2n) is 8.05. The Hall–Kier alpha value is -0.640. The molecule has 0 aromatic heterocycles. The highest BCUT2D eigenvalue weighted by molar-refractivity contribution is 5.85. The number of hydrogen-bond acceptors (Lipinski definition) is 16. The lowest BCUT2D eigenvalue weighted by atomic mass is 9.98. The highest BCUT2D eigenvalue weighted by Gasteiger charge is 2.47. The van der Waals surface area contributed by atoms with Gasteiger partial charge in [0, 0.05) is 0 Å². The fourth-order valence-corrected chi connectivity index (χ4v) is 3.39. The molecule has 0 bridgehead atoms. The number of aldehydes is 1. The van der Waals surface area contributed by atoms with Crippen LogP contribution < -0.4 is 0 Å². The summed E-state index contributed by atoms with van der Waals surface area (Å²) in [6.45, 7) is -2.13. The van der Waals surface area contributed by atoms with Gasteiger partial charge >= 0.3 is 0 Å². The maximum Gasteiger partial charge on any atom is 0.186 e. The van der Waals surface area contributed by atoms with Crippen LogP contribution in [0.2, 0.25) is 0 Å². The molecule has 0 spiro atoms. The quantitative estimate of drug-likeness (QED) is 0.108. The van der Waals surface area contributed by atoms with Gasteiger partial charge in [0.1, 0.15) is 73.2 Å². The van der Waals surface area contributed by atoms with Crippen molar-refractivity contribution in [2.24, 2.45) is 0 Å². The maximum atomic E-state index is 10.5. The summed E-state index contributed by atoms with van der Waals surface area (Å²) in [4.78, 5) is 10.5. The SMILES string of the molecule is Cl.O=C[C@H](O)[C@@H](O)[C@H](O)[C@H](O)CO[C@H]1O[C@H](CO[C@H]2O[C@H](CO)[C@@H](O)[C@H](O)[C@H]2O)[C@@H](O)[C@H](O)[C@H]1O. The molecule has 16 nitrogen and oxygen atoms in total. The molecule has 17 heteroatoms. The molecule has 14 atom stereocenters. The fourth-order valence-electron chi connectivity index (χ4n) is 3.39. The van der Waals surface area contributed by atoms with Gasteiger partial charge in [-0.25, -0.2) is 0 Å². The van der Waals surface area contributed by atoms with E-state index in [1.54, 1.807) is 0 Å². The summed E-state index contributed by atoms with van der Waals surface area (Å²) < 4.78 is 20.8.